The molecule has 0 saturated carbocycles. The number of nitrogens with one attached hydrogen (secondary N) is 1. The van der Waals surface area contributed by atoms with Crippen LogP contribution in [0.4, 0.5) is 0 Å². The highest BCUT2D eigenvalue weighted by Gasteiger charge is 2.12. The Labute approximate surface area is 125 Å². The number of aryl methyl sites for hydroxylation is 2. The summed E-state index contributed by atoms with van der Waals surface area (Å²) in [6, 6.07) is 8.59. The monoisotopic (exact) mass is 289 g/mol. The SMILES string of the molecule is CCNC(CCc1ccc(OC)cc1)Cc1nnn(C)n1. The molecule has 0 radical (unpaired) electrons. The molecule has 6 heteroatoms. The molecule has 21 heavy (non-hydrogen) atoms. The van der Waals surface area contributed by atoms with Crippen molar-refractivity contribution >= 4 is 0 Å². The molecule has 0 bridgehead atoms. The van der Waals surface area contributed by atoms with Crippen molar-refractivity contribution in [2.24, 2.45) is 7.05 Å². The second kappa shape index (κ2) is 7.73. The van der Waals surface area contributed by atoms with Crippen molar-refractivity contribution in [2.45, 2.75) is 32.2 Å². The van der Waals surface area contributed by atoms with Gasteiger partial charge in [0.2, 0.25) is 0 Å². The second-order valence-corrected chi connectivity index (χ2v) is 5.04. The summed E-state index contributed by atoms with van der Waals surface area (Å²) in [4.78, 5) is 1.50. The van der Waals surface area contributed by atoms with E-state index in [-0.39, 0.29) is 0 Å². The molecule has 2 rings (SSSR count). The third-order valence-corrected chi connectivity index (χ3v) is 3.41. The van der Waals surface area contributed by atoms with Crippen LogP contribution >= 0.6 is 0 Å². The fourth-order valence-electron chi connectivity index (χ4n) is 2.32. The minimum atomic E-state index is 0.362. The van der Waals surface area contributed by atoms with Crippen molar-refractivity contribution < 1.29 is 4.74 Å². The lowest BCUT2D eigenvalue weighted by Gasteiger charge is -2.16. The molecule has 0 aliphatic carbocycles. The summed E-state index contributed by atoms with van der Waals surface area (Å²) in [7, 11) is 3.47. The molecule has 0 aliphatic rings. The van der Waals surface area contributed by atoms with Crippen LogP contribution in [0, 0.1) is 0 Å². The third-order valence-electron chi connectivity index (χ3n) is 3.41. The molecule has 114 valence electrons. The molecule has 2 aromatic rings. The van der Waals surface area contributed by atoms with E-state index in [4.69, 9.17) is 4.74 Å². The molecule has 1 atom stereocenters. The predicted octanol–water partition coefficient (Wildman–Crippen LogP) is 1.37. The Morgan fingerprint density at radius 2 is 2.05 bits per heavy atom. The van der Waals surface area contributed by atoms with Gasteiger partial charge in [0.15, 0.2) is 5.82 Å². The number of methoxy groups -OCH3 is 1. The average Bonchev–Trinajstić information content (AvgIpc) is 2.91. The first kappa shape index (κ1) is 15.4. The number of likely N-dealkylation sites (N-methyl/N-ethyl adjacent to an activating group) is 1. The predicted molar refractivity (Wildman–Crippen MR) is 81.3 cm³/mol. The molecular formula is C15H23N5O. The molecular weight excluding hydrogens is 266 g/mol. The van der Waals surface area contributed by atoms with Crippen molar-refractivity contribution in [3.63, 3.8) is 0 Å². The fourth-order valence-corrected chi connectivity index (χ4v) is 2.32. The zero-order chi connectivity index (χ0) is 15.1. The highest BCUT2D eigenvalue weighted by Crippen LogP contribution is 2.14. The Kier molecular flexibility index (Phi) is 5.68. The van der Waals surface area contributed by atoms with Crippen molar-refractivity contribution in [2.75, 3.05) is 13.7 Å². The van der Waals surface area contributed by atoms with Gasteiger partial charge in [-0.15, -0.1) is 10.2 Å². The van der Waals surface area contributed by atoms with Gasteiger partial charge in [-0.3, -0.25) is 0 Å². The third kappa shape index (κ3) is 4.82. The van der Waals surface area contributed by atoms with Gasteiger partial charge in [-0.1, -0.05) is 19.1 Å². The van der Waals surface area contributed by atoms with Gasteiger partial charge in [-0.2, -0.15) is 4.80 Å². The number of hydrogen-bond acceptors (Lipinski definition) is 5. The molecule has 1 heterocycles. The molecule has 0 amide bonds. The molecule has 1 aromatic carbocycles. The van der Waals surface area contributed by atoms with Gasteiger partial charge in [0.1, 0.15) is 5.75 Å². The lowest BCUT2D eigenvalue weighted by molar-refractivity contribution is 0.414. The van der Waals surface area contributed by atoms with Crippen LogP contribution in [-0.2, 0) is 19.9 Å². The van der Waals surface area contributed by atoms with Crippen molar-refractivity contribution in [1.82, 2.24) is 25.5 Å². The number of ether oxygens (including phenoxy) is 1. The maximum atomic E-state index is 5.18. The molecule has 0 spiro atoms. The van der Waals surface area contributed by atoms with Crippen LogP contribution in [0.1, 0.15) is 24.7 Å². The first-order valence-corrected chi connectivity index (χ1v) is 7.30. The molecule has 0 fully saturated rings. The van der Waals surface area contributed by atoms with Gasteiger partial charge < -0.3 is 10.1 Å². The summed E-state index contributed by atoms with van der Waals surface area (Å²) in [5, 5.41) is 15.7. The highest BCUT2D eigenvalue weighted by molar-refractivity contribution is 5.27. The first-order chi connectivity index (χ1) is 10.2. The topological polar surface area (TPSA) is 64.9 Å². The van der Waals surface area contributed by atoms with E-state index in [1.165, 1.54) is 10.4 Å². The van der Waals surface area contributed by atoms with E-state index in [0.717, 1.165) is 37.4 Å². The summed E-state index contributed by atoms with van der Waals surface area (Å²) in [5.41, 5.74) is 1.31. The number of nitrogens with zero attached hydrogens (tertiary/aromatic N) is 4. The van der Waals surface area contributed by atoms with Crippen LogP contribution in [0.15, 0.2) is 24.3 Å². The van der Waals surface area contributed by atoms with E-state index in [1.54, 1.807) is 14.2 Å². The summed E-state index contributed by atoms with van der Waals surface area (Å²) in [6.45, 7) is 3.05. The van der Waals surface area contributed by atoms with E-state index < -0.39 is 0 Å². The lowest BCUT2D eigenvalue weighted by atomic mass is 10.0. The number of aromatic nitrogens is 4. The molecule has 1 aromatic heterocycles. The lowest BCUT2D eigenvalue weighted by Crippen LogP contribution is -2.32. The molecule has 0 saturated heterocycles. The number of tetrazole rings is 1. The smallest absolute Gasteiger partial charge is 0.176 e. The van der Waals surface area contributed by atoms with Crippen LogP contribution in [0.2, 0.25) is 0 Å². The average molecular weight is 289 g/mol. The van der Waals surface area contributed by atoms with Crippen LogP contribution < -0.4 is 10.1 Å². The Morgan fingerprint density at radius 1 is 1.29 bits per heavy atom. The van der Waals surface area contributed by atoms with E-state index in [1.807, 2.05) is 12.1 Å². The maximum absolute atomic E-state index is 5.18. The summed E-state index contributed by atoms with van der Waals surface area (Å²) < 4.78 is 5.18. The van der Waals surface area contributed by atoms with Crippen LogP contribution in [0.5, 0.6) is 5.75 Å². The maximum Gasteiger partial charge on any atom is 0.176 e. The van der Waals surface area contributed by atoms with Gasteiger partial charge in [-0.05, 0) is 42.3 Å². The normalized spacial score (nSPS) is 12.3. The van der Waals surface area contributed by atoms with Crippen LogP contribution in [0.3, 0.4) is 0 Å². The van der Waals surface area contributed by atoms with E-state index >= 15 is 0 Å². The second-order valence-electron chi connectivity index (χ2n) is 5.04. The van der Waals surface area contributed by atoms with E-state index in [2.05, 4.69) is 39.8 Å². The van der Waals surface area contributed by atoms with Crippen LogP contribution in [0.25, 0.3) is 0 Å². The Bertz CT molecular complexity index is 537. The minimum absolute atomic E-state index is 0.362. The van der Waals surface area contributed by atoms with E-state index in [9.17, 15) is 0 Å². The molecule has 0 aliphatic heterocycles. The first-order valence-electron chi connectivity index (χ1n) is 7.30. The standard InChI is InChI=1S/C15H23N5O/c1-4-16-13(11-15-17-19-20(2)18-15)8-5-12-6-9-14(21-3)10-7-12/h6-7,9-10,13,16H,4-5,8,11H2,1-3H3. The number of benzene rings is 1. The summed E-state index contributed by atoms with van der Waals surface area (Å²) in [6.07, 6.45) is 2.86. The highest BCUT2D eigenvalue weighted by atomic mass is 16.5. The molecule has 1 unspecified atom stereocenters. The summed E-state index contributed by atoms with van der Waals surface area (Å²) in [5.74, 6) is 1.68. The molecule has 1 N–H and O–H groups in total. The van der Waals surface area contributed by atoms with Gasteiger partial charge in [0.05, 0.1) is 14.2 Å². The van der Waals surface area contributed by atoms with Gasteiger partial charge in [0.25, 0.3) is 0 Å². The van der Waals surface area contributed by atoms with Crippen molar-refractivity contribution in [1.29, 1.82) is 0 Å². The van der Waals surface area contributed by atoms with E-state index in [0.29, 0.717) is 6.04 Å². The van der Waals surface area contributed by atoms with Gasteiger partial charge in [0, 0.05) is 12.5 Å². The van der Waals surface area contributed by atoms with Crippen molar-refractivity contribution in [3.05, 3.63) is 35.7 Å². The Hall–Kier alpha value is -1.95. The Balaban J connectivity index is 1.89. The largest absolute Gasteiger partial charge is 0.497 e. The van der Waals surface area contributed by atoms with Crippen molar-refractivity contribution in [3.8, 4) is 5.75 Å². The van der Waals surface area contributed by atoms with Gasteiger partial charge >= 0.3 is 0 Å². The quantitative estimate of drug-likeness (QED) is 0.795. The zero-order valence-corrected chi connectivity index (χ0v) is 12.9. The number of hydrogen-bond donors (Lipinski definition) is 1. The molecule has 6 nitrogen and oxygen atoms in total. The fraction of sp³-hybridized carbons (Fsp3) is 0.533. The zero-order valence-electron chi connectivity index (χ0n) is 12.9. The number of rotatable bonds is 8. The Morgan fingerprint density at radius 3 is 2.62 bits per heavy atom. The van der Waals surface area contributed by atoms with Crippen LogP contribution in [-0.4, -0.2) is 39.9 Å². The summed E-state index contributed by atoms with van der Waals surface area (Å²) >= 11 is 0. The van der Waals surface area contributed by atoms with Gasteiger partial charge in [-0.25, -0.2) is 0 Å². The minimum Gasteiger partial charge on any atom is -0.497 e.